The van der Waals surface area contributed by atoms with Crippen molar-refractivity contribution in [2.24, 2.45) is 10.2 Å². The molecule has 2 N–H and O–H groups in total. The first-order valence-corrected chi connectivity index (χ1v) is 14.8. The van der Waals surface area contributed by atoms with Gasteiger partial charge in [-0.25, -0.2) is 0 Å². The average molecular weight is 663 g/mol. The number of azo groups is 1. The maximum atomic E-state index is 13.2. The van der Waals surface area contributed by atoms with Crippen molar-refractivity contribution < 1.29 is 35.9 Å². The number of hydrogen-bond acceptors (Lipinski definition) is 5. The van der Waals surface area contributed by atoms with Gasteiger partial charge in [0.05, 0.1) is 22.5 Å². The second-order valence-corrected chi connectivity index (χ2v) is 11.3. The van der Waals surface area contributed by atoms with E-state index in [0.29, 0.717) is 60.8 Å². The van der Waals surface area contributed by atoms with Gasteiger partial charge in [-0.1, -0.05) is 6.07 Å². The number of halogens is 6. The minimum atomic E-state index is -5.00. The van der Waals surface area contributed by atoms with E-state index < -0.39 is 29.2 Å². The standard InChI is InChI=1S/C31H28F6N6O2S/c32-30(33,34)21-15-22(31(35,36)37)17-25(16-21)39-29(46)38-23-6-5-7-24(18-23)40-41-26-13-19(27(44)42-8-1-2-9-42)12-20(14-26)28(45)43-10-3-4-11-43/h5-7,12-18H,1-4,8-11H2,(H2,38,39,46). The Hall–Kier alpha value is -4.53. The summed E-state index contributed by atoms with van der Waals surface area (Å²) in [5.41, 5.74) is -1.88. The van der Waals surface area contributed by atoms with E-state index in [1.807, 2.05) is 0 Å². The third-order valence-electron chi connectivity index (χ3n) is 7.43. The molecule has 2 fully saturated rings. The van der Waals surface area contributed by atoms with Gasteiger partial charge in [-0.3, -0.25) is 9.59 Å². The van der Waals surface area contributed by atoms with Crippen LogP contribution in [0.4, 0.5) is 49.1 Å². The molecular formula is C31H28F6N6O2S. The maximum Gasteiger partial charge on any atom is 0.416 e. The summed E-state index contributed by atoms with van der Waals surface area (Å²) in [6.45, 7) is 2.53. The Kier molecular flexibility index (Phi) is 9.60. The van der Waals surface area contributed by atoms with Gasteiger partial charge in [-0.15, -0.1) is 0 Å². The third kappa shape index (κ3) is 8.19. The molecule has 8 nitrogen and oxygen atoms in total. The van der Waals surface area contributed by atoms with Crippen LogP contribution in [0.25, 0.3) is 0 Å². The number of amides is 2. The highest BCUT2D eigenvalue weighted by molar-refractivity contribution is 7.80. The van der Waals surface area contributed by atoms with Crippen molar-refractivity contribution in [1.82, 2.24) is 9.80 Å². The second-order valence-electron chi connectivity index (χ2n) is 10.9. The molecule has 2 heterocycles. The van der Waals surface area contributed by atoms with Gasteiger partial charge in [0.2, 0.25) is 0 Å². The fourth-order valence-electron chi connectivity index (χ4n) is 5.20. The summed E-state index contributed by atoms with van der Waals surface area (Å²) in [6.07, 6.45) is -6.39. The molecular weight excluding hydrogens is 634 g/mol. The molecule has 2 saturated heterocycles. The SMILES string of the molecule is O=C(c1cc(N=Nc2cccc(NC(=S)Nc3cc(C(F)(F)F)cc(C(F)(F)F)c3)c2)cc(C(=O)N2CCCC2)c1)N1CCCC1. The Morgan fingerprint density at radius 2 is 1.11 bits per heavy atom. The normalized spacial score (nSPS) is 15.4. The Morgan fingerprint density at radius 1 is 0.630 bits per heavy atom. The van der Waals surface area contributed by atoms with Crippen LogP contribution in [0.5, 0.6) is 0 Å². The Morgan fingerprint density at radius 3 is 1.61 bits per heavy atom. The monoisotopic (exact) mass is 662 g/mol. The molecule has 2 amide bonds. The van der Waals surface area contributed by atoms with Crippen LogP contribution in [0.15, 0.2) is 70.9 Å². The third-order valence-corrected chi connectivity index (χ3v) is 7.63. The summed E-state index contributed by atoms with van der Waals surface area (Å²) >= 11 is 5.13. The average Bonchev–Trinajstić information content (AvgIpc) is 3.74. The summed E-state index contributed by atoms with van der Waals surface area (Å²) in [5, 5.41) is 13.3. The fourth-order valence-corrected chi connectivity index (χ4v) is 5.44. The van der Waals surface area contributed by atoms with Crippen molar-refractivity contribution >= 4 is 51.9 Å². The lowest BCUT2D eigenvalue weighted by molar-refractivity contribution is -0.143. The molecule has 0 unspecified atom stereocenters. The van der Waals surface area contributed by atoms with Gasteiger partial charge in [0.1, 0.15) is 0 Å². The summed E-state index contributed by atoms with van der Waals surface area (Å²) in [6, 6.07) is 12.0. The van der Waals surface area contributed by atoms with Gasteiger partial charge in [0.15, 0.2) is 5.11 Å². The largest absolute Gasteiger partial charge is 0.416 e. The topological polar surface area (TPSA) is 89.4 Å². The van der Waals surface area contributed by atoms with E-state index in [1.54, 1.807) is 46.2 Å². The van der Waals surface area contributed by atoms with Crippen molar-refractivity contribution in [2.75, 3.05) is 36.8 Å². The quantitative estimate of drug-likeness (QED) is 0.157. The summed E-state index contributed by atoms with van der Waals surface area (Å²) < 4.78 is 79.3. The van der Waals surface area contributed by atoms with E-state index in [0.717, 1.165) is 25.7 Å². The van der Waals surface area contributed by atoms with Crippen LogP contribution in [0, 0.1) is 0 Å². The number of likely N-dealkylation sites (tertiary alicyclic amines) is 2. The van der Waals surface area contributed by atoms with Crippen molar-refractivity contribution in [3.8, 4) is 0 Å². The van der Waals surface area contributed by atoms with Gasteiger partial charge >= 0.3 is 12.4 Å². The number of benzene rings is 3. The molecule has 0 radical (unpaired) electrons. The van der Waals surface area contributed by atoms with Crippen LogP contribution in [0.3, 0.4) is 0 Å². The number of nitrogens with zero attached hydrogens (tertiary/aromatic N) is 4. The zero-order valence-corrected chi connectivity index (χ0v) is 25.0. The molecule has 0 saturated carbocycles. The van der Waals surface area contributed by atoms with Gasteiger partial charge in [0.25, 0.3) is 11.8 Å². The lowest BCUT2D eigenvalue weighted by Gasteiger charge is -2.18. The van der Waals surface area contributed by atoms with E-state index >= 15 is 0 Å². The lowest BCUT2D eigenvalue weighted by atomic mass is 10.1. The second kappa shape index (κ2) is 13.4. The summed E-state index contributed by atoms with van der Waals surface area (Å²) in [5.74, 6) is -0.388. The van der Waals surface area contributed by atoms with Crippen LogP contribution in [-0.2, 0) is 12.4 Å². The van der Waals surface area contributed by atoms with Crippen LogP contribution in [0.2, 0.25) is 0 Å². The van der Waals surface area contributed by atoms with Gasteiger partial charge in [0, 0.05) is 48.7 Å². The first-order chi connectivity index (χ1) is 21.8. The molecule has 3 aromatic carbocycles. The lowest BCUT2D eigenvalue weighted by Crippen LogP contribution is -2.29. The highest BCUT2D eigenvalue weighted by Crippen LogP contribution is 2.37. The molecule has 2 aliphatic rings. The number of hydrogen-bond donors (Lipinski definition) is 2. The number of nitrogens with one attached hydrogen (secondary N) is 2. The summed E-state index contributed by atoms with van der Waals surface area (Å²) in [7, 11) is 0. The van der Waals surface area contributed by atoms with E-state index in [4.69, 9.17) is 12.2 Å². The highest BCUT2D eigenvalue weighted by Gasteiger charge is 2.37. The molecule has 2 aliphatic heterocycles. The smallest absolute Gasteiger partial charge is 0.339 e. The van der Waals surface area contributed by atoms with Gasteiger partial charge in [-0.05, 0) is 92.5 Å². The van der Waals surface area contributed by atoms with E-state index in [2.05, 4.69) is 20.9 Å². The minimum absolute atomic E-state index is 0.0272. The number of carbonyl (C=O) groups is 2. The zero-order chi connectivity index (χ0) is 33.1. The van der Waals surface area contributed by atoms with Gasteiger partial charge in [-0.2, -0.15) is 36.6 Å². The van der Waals surface area contributed by atoms with Crippen molar-refractivity contribution in [3.63, 3.8) is 0 Å². The molecule has 0 aliphatic carbocycles. The molecule has 0 spiro atoms. The zero-order valence-electron chi connectivity index (χ0n) is 24.2. The van der Waals surface area contributed by atoms with Crippen LogP contribution < -0.4 is 10.6 Å². The van der Waals surface area contributed by atoms with Crippen LogP contribution in [-0.4, -0.2) is 52.9 Å². The first-order valence-electron chi connectivity index (χ1n) is 14.4. The fraction of sp³-hybridized carbons (Fsp3) is 0.323. The molecule has 0 atom stereocenters. The molecule has 15 heteroatoms. The van der Waals surface area contributed by atoms with E-state index in [9.17, 15) is 35.9 Å². The van der Waals surface area contributed by atoms with Crippen molar-refractivity contribution in [1.29, 1.82) is 0 Å². The molecule has 3 aromatic rings. The van der Waals surface area contributed by atoms with E-state index in [-0.39, 0.29) is 28.7 Å². The van der Waals surface area contributed by atoms with Crippen molar-refractivity contribution in [2.45, 2.75) is 38.0 Å². The Bertz CT molecular complexity index is 1590. The number of rotatable bonds is 6. The van der Waals surface area contributed by atoms with E-state index in [1.165, 1.54) is 6.07 Å². The number of thiocarbonyl (C=S) groups is 1. The first kappa shape index (κ1) is 32.9. The molecule has 242 valence electrons. The molecule has 0 bridgehead atoms. The van der Waals surface area contributed by atoms with Crippen molar-refractivity contribution in [3.05, 3.63) is 82.9 Å². The summed E-state index contributed by atoms with van der Waals surface area (Å²) in [4.78, 5) is 29.8. The van der Waals surface area contributed by atoms with Crippen LogP contribution in [0.1, 0.15) is 57.5 Å². The molecule has 46 heavy (non-hydrogen) atoms. The number of carbonyl (C=O) groups excluding carboxylic acids is 2. The predicted molar refractivity (Wildman–Crippen MR) is 164 cm³/mol. The maximum absolute atomic E-state index is 13.2. The Balaban J connectivity index is 1.34. The van der Waals surface area contributed by atoms with Gasteiger partial charge < -0.3 is 20.4 Å². The minimum Gasteiger partial charge on any atom is -0.339 e. The number of alkyl halides is 6. The molecule has 0 aromatic heterocycles. The Labute approximate surface area is 265 Å². The van der Waals surface area contributed by atoms with Crippen LogP contribution >= 0.6 is 12.2 Å². The predicted octanol–water partition coefficient (Wildman–Crippen LogP) is 8.42. The highest BCUT2D eigenvalue weighted by atomic mass is 32.1. The molecule has 5 rings (SSSR count). The number of anilines is 2.